The van der Waals surface area contributed by atoms with Gasteiger partial charge in [0.05, 0.1) is 21.1 Å². The lowest BCUT2D eigenvalue weighted by molar-refractivity contribution is 0.00578. The normalized spacial score (nSPS) is 33.7. The summed E-state index contributed by atoms with van der Waals surface area (Å²) in [5.41, 5.74) is -0.481. The molecule has 0 aromatic carbocycles. The quantitative estimate of drug-likeness (QED) is 0.435. The van der Waals surface area contributed by atoms with Crippen molar-refractivity contribution in [2.45, 2.75) is 68.1 Å². The molecule has 2 fully saturated rings. The molecule has 0 spiro atoms. The van der Waals surface area contributed by atoms with Gasteiger partial charge in [0.25, 0.3) is 0 Å². The van der Waals surface area contributed by atoms with E-state index < -0.39 is 0 Å². The van der Waals surface area contributed by atoms with Gasteiger partial charge in [-0.25, -0.2) is 0 Å². The van der Waals surface area contributed by atoms with Crippen LogP contribution in [0, 0.1) is 0 Å². The van der Waals surface area contributed by atoms with E-state index in [1.54, 1.807) is 0 Å². The first-order chi connectivity index (χ1) is 7.83. The van der Waals surface area contributed by atoms with E-state index in [4.69, 9.17) is 14.0 Å². The van der Waals surface area contributed by atoms with E-state index in [0.717, 1.165) is 13.0 Å². The fraction of sp³-hybridized carbons (Fsp3) is 1.00. The van der Waals surface area contributed by atoms with Gasteiger partial charge in [-0.2, -0.15) is 0 Å². The molecule has 98 valence electrons. The van der Waals surface area contributed by atoms with E-state index in [9.17, 15) is 0 Å². The Kier molecular flexibility index (Phi) is 4.13. The maximum atomic E-state index is 6.07. The van der Waals surface area contributed by atoms with Gasteiger partial charge < -0.3 is 14.0 Å². The van der Waals surface area contributed by atoms with Crippen LogP contribution in [0.2, 0.25) is 0 Å². The Hall–Kier alpha value is 0.675. The van der Waals surface area contributed by atoms with Crippen LogP contribution < -0.4 is 0 Å². The van der Waals surface area contributed by atoms with Gasteiger partial charge in [-0.05, 0) is 47.0 Å². The zero-order chi connectivity index (χ0) is 12.7. The number of hydrogen-bond acceptors (Lipinski definition) is 3. The molecule has 3 nitrogen and oxygen atoms in total. The summed E-state index contributed by atoms with van der Waals surface area (Å²) in [6.45, 7) is 9.26. The fourth-order valence-electron chi connectivity index (χ4n) is 2.21. The van der Waals surface area contributed by atoms with E-state index in [1.807, 2.05) is 0 Å². The first-order valence-electron chi connectivity index (χ1n) is 6.45. The number of halogens is 1. The predicted octanol–water partition coefficient (Wildman–Crippen LogP) is 2.99. The summed E-state index contributed by atoms with van der Waals surface area (Å²) in [7, 11) is -0.149. The lowest BCUT2D eigenvalue weighted by Gasteiger charge is -2.32. The Balaban J connectivity index is 1.99. The molecular formula is C12H22BIO3. The Morgan fingerprint density at radius 2 is 1.71 bits per heavy atom. The average molecular weight is 352 g/mol. The second kappa shape index (κ2) is 4.98. The first kappa shape index (κ1) is 14.1. The molecule has 0 N–H and O–H groups in total. The van der Waals surface area contributed by atoms with Crippen LogP contribution in [0.4, 0.5) is 0 Å². The van der Waals surface area contributed by atoms with Crippen LogP contribution in [0.1, 0.15) is 47.0 Å². The van der Waals surface area contributed by atoms with Gasteiger partial charge in [0.15, 0.2) is 0 Å². The highest BCUT2D eigenvalue weighted by molar-refractivity contribution is 14.1. The maximum absolute atomic E-state index is 6.07. The number of alkyl halides is 1. The minimum atomic E-state index is -0.240. The highest BCUT2D eigenvalue weighted by Gasteiger charge is 2.54. The standard InChI is InChI=1S/C12H22BIO3/c1-11(2)12(3,4)17-13(16-11)10(14)9-7-5-6-8-15-9/h9-10H,5-8H2,1-4H3/t9-,10+/m0/s1. The van der Waals surface area contributed by atoms with Gasteiger partial charge in [0, 0.05) is 6.61 Å². The van der Waals surface area contributed by atoms with E-state index in [2.05, 4.69) is 50.3 Å². The molecule has 0 aromatic heterocycles. The maximum Gasteiger partial charge on any atom is 0.474 e. The van der Waals surface area contributed by atoms with E-state index >= 15 is 0 Å². The third-order valence-electron chi connectivity index (χ3n) is 4.10. The fourth-order valence-corrected chi connectivity index (χ4v) is 3.07. The van der Waals surface area contributed by atoms with Crippen molar-refractivity contribution in [3.8, 4) is 0 Å². The first-order valence-corrected chi connectivity index (χ1v) is 7.69. The summed E-state index contributed by atoms with van der Waals surface area (Å²) in [6, 6.07) is 0. The summed E-state index contributed by atoms with van der Waals surface area (Å²) < 4.78 is 18.2. The molecule has 0 bridgehead atoms. The van der Waals surface area contributed by atoms with Crippen LogP contribution >= 0.6 is 22.6 Å². The summed E-state index contributed by atoms with van der Waals surface area (Å²) >= 11 is 2.42. The van der Waals surface area contributed by atoms with Crippen LogP contribution in [0.15, 0.2) is 0 Å². The highest BCUT2D eigenvalue weighted by Crippen LogP contribution is 2.40. The zero-order valence-corrected chi connectivity index (χ0v) is 13.3. The van der Waals surface area contributed by atoms with E-state index in [0.29, 0.717) is 0 Å². The highest BCUT2D eigenvalue weighted by atomic mass is 127. The lowest BCUT2D eigenvalue weighted by atomic mass is 9.79. The molecule has 2 rings (SSSR count). The Morgan fingerprint density at radius 1 is 1.12 bits per heavy atom. The molecule has 2 heterocycles. The third kappa shape index (κ3) is 2.82. The molecule has 0 aliphatic carbocycles. The molecule has 2 saturated heterocycles. The topological polar surface area (TPSA) is 27.7 Å². The van der Waals surface area contributed by atoms with Crippen molar-refractivity contribution in [1.29, 1.82) is 0 Å². The molecular weight excluding hydrogens is 330 g/mol. The van der Waals surface area contributed by atoms with Gasteiger partial charge >= 0.3 is 7.12 Å². The Morgan fingerprint density at radius 3 is 2.18 bits per heavy atom. The molecule has 0 aromatic rings. The average Bonchev–Trinajstić information content (AvgIpc) is 2.48. The SMILES string of the molecule is CC1(C)OB([C@H](I)[C@@H]2CCCCO2)OC1(C)C. The van der Waals surface area contributed by atoms with Crippen molar-refractivity contribution in [1.82, 2.24) is 0 Å². The van der Waals surface area contributed by atoms with Gasteiger partial charge in [0.2, 0.25) is 0 Å². The molecule has 17 heavy (non-hydrogen) atoms. The second-order valence-corrected chi connectivity index (χ2v) is 7.41. The minimum absolute atomic E-state index is 0.149. The van der Waals surface area contributed by atoms with Crippen molar-refractivity contribution >= 4 is 29.7 Å². The second-order valence-electron chi connectivity index (χ2n) is 5.97. The van der Waals surface area contributed by atoms with Crippen LogP contribution in [-0.4, -0.2) is 34.9 Å². The zero-order valence-electron chi connectivity index (χ0n) is 11.2. The van der Waals surface area contributed by atoms with Crippen LogP contribution in [0.5, 0.6) is 0 Å². The largest absolute Gasteiger partial charge is 0.474 e. The van der Waals surface area contributed by atoms with E-state index in [-0.39, 0.29) is 28.2 Å². The van der Waals surface area contributed by atoms with Crippen molar-refractivity contribution in [3.05, 3.63) is 0 Å². The molecule has 2 aliphatic heterocycles. The molecule has 5 heteroatoms. The van der Waals surface area contributed by atoms with Crippen LogP contribution in [0.25, 0.3) is 0 Å². The minimum Gasteiger partial charge on any atom is -0.402 e. The van der Waals surface area contributed by atoms with Crippen LogP contribution in [0.3, 0.4) is 0 Å². The molecule has 2 aliphatic rings. The van der Waals surface area contributed by atoms with Crippen molar-refractivity contribution in [2.75, 3.05) is 6.61 Å². The van der Waals surface area contributed by atoms with Crippen LogP contribution in [-0.2, 0) is 14.0 Å². The van der Waals surface area contributed by atoms with Crippen molar-refractivity contribution in [2.24, 2.45) is 0 Å². The van der Waals surface area contributed by atoms with Gasteiger partial charge in [0.1, 0.15) is 0 Å². The van der Waals surface area contributed by atoms with Crippen molar-refractivity contribution < 1.29 is 14.0 Å². The molecule has 0 amide bonds. The van der Waals surface area contributed by atoms with Gasteiger partial charge in [-0.1, -0.05) is 22.6 Å². The van der Waals surface area contributed by atoms with Gasteiger partial charge in [-0.3, -0.25) is 0 Å². The number of rotatable bonds is 2. The summed E-state index contributed by atoms with van der Waals surface area (Å²) in [5, 5.41) is 0. The molecule has 2 atom stereocenters. The van der Waals surface area contributed by atoms with Crippen molar-refractivity contribution in [3.63, 3.8) is 0 Å². The summed E-state index contributed by atoms with van der Waals surface area (Å²) in [5.74, 6) is 0. The van der Waals surface area contributed by atoms with Gasteiger partial charge in [-0.15, -0.1) is 0 Å². The number of ether oxygens (including phenoxy) is 1. The third-order valence-corrected chi connectivity index (χ3v) is 5.49. The summed E-state index contributed by atoms with van der Waals surface area (Å²) in [4.78, 5) is 0. The lowest BCUT2D eigenvalue weighted by Crippen LogP contribution is -2.41. The molecule has 0 radical (unpaired) electrons. The Bertz CT molecular complexity index is 261. The Labute approximate surface area is 118 Å². The summed E-state index contributed by atoms with van der Waals surface area (Å²) in [6.07, 6.45) is 3.84. The molecule has 0 saturated carbocycles. The predicted molar refractivity (Wildman–Crippen MR) is 77.5 cm³/mol. The van der Waals surface area contributed by atoms with E-state index in [1.165, 1.54) is 12.8 Å². The molecule has 0 unspecified atom stereocenters. The number of hydrogen-bond donors (Lipinski definition) is 0. The smallest absolute Gasteiger partial charge is 0.402 e. The monoisotopic (exact) mass is 352 g/mol.